The van der Waals surface area contributed by atoms with Crippen molar-refractivity contribution in [2.45, 2.75) is 89.3 Å². The molecule has 0 aromatic heterocycles. The first-order chi connectivity index (χ1) is 26.3. The van der Waals surface area contributed by atoms with Crippen LogP contribution < -0.4 is 10.5 Å². The quantitative estimate of drug-likeness (QED) is 0.104. The van der Waals surface area contributed by atoms with Crippen LogP contribution in [0.1, 0.15) is 110 Å². The van der Waals surface area contributed by atoms with E-state index in [1.807, 2.05) is 0 Å². The summed E-state index contributed by atoms with van der Waals surface area (Å²) in [7, 11) is 17.7. The molecular formula is C48H58BCl2N2O2Zr. The van der Waals surface area contributed by atoms with Crippen molar-refractivity contribution in [1.82, 2.24) is 10.5 Å². The van der Waals surface area contributed by atoms with E-state index in [9.17, 15) is 9.59 Å². The topological polar surface area (TPSA) is 58.2 Å². The van der Waals surface area contributed by atoms with E-state index in [0.29, 0.717) is 24.7 Å². The number of nitrogens with one attached hydrogen (secondary N) is 2. The van der Waals surface area contributed by atoms with Gasteiger partial charge in [-0.05, 0) is 0 Å². The number of benzene rings is 4. The Kier molecular flexibility index (Phi) is 12.0. The molecular weight excluding hydrogens is 809 g/mol. The van der Waals surface area contributed by atoms with E-state index in [0.717, 1.165) is 57.4 Å². The van der Waals surface area contributed by atoms with Gasteiger partial charge in [-0.3, -0.25) is 0 Å². The Labute approximate surface area is 344 Å². The Morgan fingerprint density at radius 1 is 0.589 bits per heavy atom. The van der Waals surface area contributed by atoms with Gasteiger partial charge < -0.3 is 0 Å². The van der Waals surface area contributed by atoms with E-state index >= 15 is 0 Å². The maximum atomic E-state index is 12.7. The molecule has 2 aliphatic carbocycles. The zero-order valence-corrected chi connectivity index (χ0v) is 38.7. The van der Waals surface area contributed by atoms with Crippen molar-refractivity contribution in [3.05, 3.63) is 129 Å². The van der Waals surface area contributed by atoms with Gasteiger partial charge in [0.05, 0.1) is 0 Å². The van der Waals surface area contributed by atoms with E-state index in [-0.39, 0.29) is 10.8 Å². The average Bonchev–Trinajstić information content (AvgIpc) is 3.74. The Hall–Kier alpha value is -3.17. The molecule has 0 saturated carbocycles. The summed E-state index contributed by atoms with van der Waals surface area (Å²) in [5, 5.41) is 6.06. The molecule has 4 aromatic rings. The fraction of sp³-hybridized carbons (Fsp3) is 0.375. The minimum absolute atomic E-state index is 0.366. The molecule has 0 fully saturated rings. The summed E-state index contributed by atoms with van der Waals surface area (Å²) in [5.41, 5.74) is 13.1. The van der Waals surface area contributed by atoms with Crippen LogP contribution in [0.4, 0.5) is 0 Å². The zero-order chi connectivity index (χ0) is 40.8. The third-order valence-corrected chi connectivity index (χ3v) is 31.6. The number of hydrogen-bond acceptors (Lipinski definition) is 2. The van der Waals surface area contributed by atoms with Gasteiger partial charge in [-0.25, -0.2) is 0 Å². The molecule has 8 heteroatoms. The molecule has 0 heterocycles. The van der Waals surface area contributed by atoms with Crippen molar-refractivity contribution < 1.29 is 25.8 Å². The van der Waals surface area contributed by atoms with Crippen molar-refractivity contribution in [3.63, 3.8) is 0 Å². The molecule has 2 unspecified atom stereocenters. The molecule has 4 nitrogen and oxygen atoms in total. The number of carbonyl (C=O) groups excluding carboxylic acids is 2. The first-order valence-electron chi connectivity index (χ1n) is 20.2. The number of allylic oxidation sites excluding steroid dienone is 2. The van der Waals surface area contributed by atoms with Gasteiger partial charge in [0, 0.05) is 0 Å². The van der Waals surface area contributed by atoms with Gasteiger partial charge in [-0.1, -0.05) is 0 Å². The molecule has 0 saturated heterocycles. The average molecular weight is 868 g/mol. The Morgan fingerprint density at radius 3 is 1.29 bits per heavy atom. The van der Waals surface area contributed by atoms with Gasteiger partial charge in [0.25, 0.3) is 0 Å². The number of amides is 2. The molecule has 0 radical (unpaired) electrons. The van der Waals surface area contributed by atoms with Crippen LogP contribution in [-0.2, 0) is 38.6 Å². The van der Waals surface area contributed by atoms with E-state index in [2.05, 4.69) is 177 Å². The molecule has 0 spiro atoms. The van der Waals surface area contributed by atoms with Crippen LogP contribution in [0, 0.1) is 22.7 Å². The SMILES string of the molecule is CC(C)Cc1ccccc1-c1cccc2c1C=C(C(C)(C)C)[CH]2[Zr]([Cl])([Cl])([B](NC=O)NC=O)[CH]1C(C(C)(C)C)=Cc2c(-c3ccccc3CC(C)C)cccc21. The van der Waals surface area contributed by atoms with E-state index in [1.54, 1.807) is 0 Å². The Balaban J connectivity index is 1.71. The standard InChI is InChI=1S/2C23H27.C2H3BN2O2.2ClH.Zr/c2*1-16(2)13-17-9-6-7-11-20(17)21-12-8-10-18-14-19(15-22(18)21)23(3,4)5;6-1-4-3-5-2-7;;;/h2*6-12,14-16H,13H2,1-5H3;1-2H,(H-,4,5,6,7);2*1H;/q;;;;;+1/p-1. The van der Waals surface area contributed by atoms with E-state index in [4.69, 9.17) is 17.0 Å². The van der Waals surface area contributed by atoms with Gasteiger partial charge in [-0.2, -0.15) is 0 Å². The van der Waals surface area contributed by atoms with Crippen molar-refractivity contribution >= 4 is 46.5 Å². The number of fused-ring (bicyclic) bond motifs is 2. The van der Waals surface area contributed by atoms with Gasteiger partial charge in [0.1, 0.15) is 0 Å². The summed E-state index contributed by atoms with van der Waals surface area (Å²) in [5.74, 6) is 0.965. The van der Waals surface area contributed by atoms with Crippen LogP contribution in [0.2, 0.25) is 0 Å². The molecule has 6 rings (SSSR count). The summed E-state index contributed by atoms with van der Waals surface area (Å²) in [6.07, 6.45) is 7.84. The third-order valence-electron chi connectivity index (χ3n) is 11.9. The molecule has 2 aliphatic rings. The van der Waals surface area contributed by atoms with Crippen molar-refractivity contribution in [2.75, 3.05) is 0 Å². The van der Waals surface area contributed by atoms with Crippen LogP contribution >= 0.6 is 17.0 Å². The van der Waals surface area contributed by atoms with Crippen molar-refractivity contribution in [3.8, 4) is 22.3 Å². The normalized spacial score (nSPS) is 17.4. The van der Waals surface area contributed by atoms with Crippen molar-refractivity contribution in [2.24, 2.45) is 22.7 Å². The van der Waals surface area contributed by atoms with Crippen LogP contribution in [-0.4, -0.2) is 17.3 Å². The summed E-state index contributed by atoms with van der Waals surface area (Å²) in [6, 6.07) is 30.4. The molecule has 56 heavy (non-hydrogen) atoms. The third kappa shape index (κ3) is 7.60. The van der Waals surface area contributed by atoms with Crippen LogP contribution in [0.5, 0.6) is 0 Å². The maximum absolute atomic E-state index is 12.7. The predicted molar refractivity (Wildman–Crippen MR) is 237 cm³/mol. The molecule has 2 amide bonds. The van der Waals surface area contributed by atoms with Gasteiger partial charge in [-0.15, -0.1) is 0 Å². The summed E-state index contributed by atoms with van der Waals surface area (Å²) in [4.78, 5) is 25.4. The molecule has 2 N–H and O–H groups in total. The van der Waals surface area contributed by atoms with Crippen LogP contribution in [0.3, 0.4) is 0 Å². The zero-order valence-electron chi connectivity index (χ0n) is 34.8. The van der Waals surface area contributed by atoms with Gasteiger partial charge in [0.15, 0.2) is 0 Å². The number of rotatable bonds is 13. The van der Waals surface area contributed by atoms with E-state index < -0.39 is 27.9 Å². The van der Waals surface area contributed by atoms with Crippen LogP contribution in [0.25, 0.3) is 34.4 Å². The summed E-state index contributed by atoms with van der Waals surface area (Å²) in [6.45, 7) is 22.3. The first kappa shape index (κ1) is 42.4. The van der Waals surface area contributed by atoms with Crippen LogP contribution in [0.15, 0.2) is 96.1 Å². The second-order valence-corrected chi connectivity index (χ2v) is 40.3. The molecule has 0 aliphatic heterocycles. The summed E-state index contributed by atoms with van der Waals surface area (Å²) < 4.78 is -1.92. The molecule has 293 valence electrons. The number of halogens is 2. The summed E-state index contributed by atoms with van der Waals surface area (Å²) >= 11 is -6.04. The van der Waals surface area contributed by atoms with E-state index in [1.165, 1.54) is 22.3 Å². The fourth-order valence-electron chi connectivity index (χ4n) is 9.57. The molecule has 0 bridgehead atoms. The number of carbonyl (C=O) groups is 2. The van der Waals surface area contributed by atoms with Gasteiger partial charge >= 0.3 is 346 Å². The molecule has 4 aromatic carbocycles. The Bertz CT molecular complexity index is 2060. The molecule has 2 atom stereocenters. The minimum atomic E-state index is -6.04. The second kappa shape index (κ2) is 15.9. The monoisotopic (exact) mass is 865 g/mol. The van der Waals surface area contributed by atoms with Crippen molar-refractivity contribution in [1.29, 1.82) is 0 Å². The first-order valence-corrected chi connectivity index (χ1v) is 30.7. The number of hydrogen-bond donors (Lipinski definition) is 2. The fourth-order valence-corrected chi connectivity index (χ4v) is 30.6. The van der Waals surface area contributed by atoms with Gasteiger partial charge in [0.2, 0.25) is 0 Å². The Morgan fingerprint density at radius 2 is 0.946 bits per heavy atom. The second-order valence-electron chi connectivity index (χ2n) is 18.9. The predicted octanol–water partition coefficient (Wildman–Crippen LogP) is 12.6.